The van der Waals surface area contributed by atoms with Crippen LogP contribution in [-0.2, 0) is 11.2 Å². The zero-order valence-corrected chi connectivity index (χ0v) is 23.9. The van der Waals surface area contributed by atoms with Gasteiger partial charge in [-0.15, -0.1) is 0 Å². The smallest absolute Gasteiger partial charge is 0.256 e. The summed E-state index contributed by atoms with van der Waals surface area (Å²) in [6.45, 7) is 11.0. The standard InChI is InChI=1S/C32H37N5O3/c1-6-22-7-9-23(10-8-22)20(3)34-30(38)24-11-12-27-25(17-24)26(31(39)35-27)18-28-19(2)29(21(4)33-28)32(40)37-15-13-36(5)14-16-37/h7-12,17-18,20,33H,6,13-16H2,1-5H3,(H,34,38)(H,35,39). The number of amides is 3. The Balaban J connectivity index is 1.39. The number of hydrogen-bond donors (Lipinski definition) is 3. The minimum absolute atomic E-state index is 0.0117. The molecule has 8 nitrogen and oxygen atoms in total. The average Bonchev–Trinajstić information content (AvgIpc) is 3.41. The average molecular weight is 540 g/mol. The van der Waals surface area contributed by atoms with Crippen molar-refractivity contribution < 1.29 is 14.4 Å². The highest BCUT2D eigenvalue weighted by molar-refractivity contribution is 6.35. The summed E-state index contributed by atoms with van der Waals surface area (Å²) in [4.78, 5) is 46.9. The highest BCUT2D eigenvalue weighted by Crippen LogP contribution is 2.35. The molecule has 3 N–H and O–H groups in total. The maximum absolute atomic E-state index is 13.3. The van der Waals surface area contributed by atoms with Gasteiger partial charge in [0.25, 0.3) is 17.7 Å². The Labute approximate surface area is 235 Å². The van der Waals surface area contributed by atoms with E-state index in [-0.39, 0.29) is 23.8 Å². The summed E-state index contributed by atoms with van der Waals surface area (Å²) in [5, 5.41) is 5.97. The summed E-state index contributed by atoms with van der Waals surface area (Å²) >= 11 is 0. The predicted octanol–water partition coefficient (Wildman–Crippen LogP) is 4.57. The van der Waals surface area contributed by atoms with Crippen LogP contribution in [-0.4, -0.2) is 65.7 Å². The molecule has 2 aromatic carbocycles. The number of nitrogens with one attached hydrogen (secondary N) is 3. The normalized spacial score (nSPS) is 17.1. The number of H-pyrrole nitrogens is 1. The third-order valence-corrected chi connectivity index (χ3v) is 8.07. The molecule has 1 unspecified atom stereocenters. The summed E-state index contributed by atoms with van der Waals surface area (Å²) in [6.07, 6.45) is 2.75. The Kier molecular flexibility index (Phi) is 7.63. The van der Waals surface area contributed by atoms with Crippen molar-refractivity contribution >= 4 is 35.1 Å². The number of aryl methyl sites for hydroxylation is 2. The van der Waals surface area contributed by atoms with E-state index in [4.69, 9.17) is 0 Å². The molecule has 0 saturated carbocycles. The molecular formula is C32H37N5O3. The molecule has 5 rings (SSSR count). The van der Waals surface area contributed by atoms with E-state index < -0.39 is 0 Å². The lowest BCUT2D eigenvalue weighted by Crippen LogP contribution is -2.47. The van der Waals surface area contributed by atoms with Gasteiger partial charge in [0.1, 0.15) is 0 Å². The topological polar surface area (TPSA) is 97.5 Å². The molecule has 0 aliphatic carbocycles. The first-order valence-electron chi connectivity index (χ1n) is 13.9. The first-order valence-corrected chi connectivity index (χ1v) is 13.9. The lowest BCUT2D eigenvalue weighted by molar-refractivity contribution is -0.110. The van der Waals surface area contributed by atoms with Gasteiger partial charge in [-0.05, 0) is 75.2 Å². The van der Waals surface area contributed by atoms with Crippen LogP contribution in [0.5, 0.6) is 0 Å². The van der Waals surface area contributed by atoms with Crippen molar-refractivity contribution in [1.29, 1.82) is 0 Å². The van der Waals surface area contributed by atoms with Crippen LogP contribution in [0.1, 0.15) is 74.2 Å². The molecule has 2 aliphatic heterocycles. The maximum atomic E-state index is 13.3. The van der Waals surface area contributed by atoms with Gasteiger partial charge in [-0.1, -0.05) is 31.2 Å². The van der Waals surface area contributed by atoms with Crippen molar-refractivity contribution in [1.82, 2.24) is 20.1 Å². The molecule has 40 heavy (non-hydrogen) atoms. The minimum atomic E-state index is -0.240. The fourth-order valence-corrected chi connectivity index (χ4v) is 5.43. The van der Waals surface area contributed by atoms with Crippen LogP contribution in [0.2, 0.25) is 0 Å². The Morgan fingerprint density at radius 3 is 2.42 bits per heavy atom. The number of rotatable bonds is 6. The first-order chi connectivity index (χ1) is 19.2. The summed E-state index contributed by atoms with van der Waals surface area (Å²) in [7, 11) is 2.06. The van der Waals surface area contributed by atoms with Gasteiger partial charge in [0, 0.05) is 54.4 Å². The fourth-order valence-electron chi connectivity index (χ4n) is 5.43. The lowest BCUT2D eigenvalue weighted by Gasteiger charge is -2.32. The predicted molar refractivity (Wildman–Crippen MR) is 158 cm³/mol. The third-order valence-electron chi connectivity index (χ3n) is 8.07. The van der Waals surface area contributed by atoms with E-state index in [0.717, 1.165) is 36.3 Å². The van der Waals surface area contributed by atoms with Gasteiger partial charge in [-0.25, -0.2) is 0 Å². The van der Waals surface area contributed by atoms with Crippen LogP contribution in [0.4, 0.5) is 5.69 Å². The number of anilines is 1. The van der Waals surface area contributed by atoms with Gasteiger partial charge in [0.05, 0.1) is 17.2 Å². The van der Waals surface area contributed by atoms with Crippen LogP contribution in [0.3, 0.4) is 0 Å². The zero-order valence-electron chi connectivity index (χ0n) is 23.9. The highest BCUT2D eigenvalue weighted by Gasteiger charge is 2.28. The number of carbonyl (C=O) groups excluding carboxylic acids is 3. The molecule has 1 fully saturated rings. The van der Waals surface area contributed by atoms with E-state index in [9.17, 15) is 14.4 Å². The van der Waals surface area contributed by atoms with Gasteiger partial charge in [0.2, 0.25) is 0 Å². The molecule has 1 atom stereocenters. The number of piperazine rings is 1. The van der Waals surface area contributed by atoms with Gasteiger partial charge in [-0.3, -0.25) is 14.4 Å². The van der Waals surface area contributed by atoms with Crippen molar-refractivity contribution in [2.75, 3.05) is 38.5 Å². The van der Waals surface area contributed by atoms with Crippen molar-refractivity contribution in [3.63, 3.8) is 0 Å². The van der Waals surface area contributed by atoms with Gasteiger partial charge in [0.15, 0.2) is 0 Å². The van der Waals surface area contributed by atoms with Crippen LogP contribution >= 0.6 is 0 Å². The number of fused-ring (bicyclic) bond motifs is 1. The quantitative estimate of drug-likeness (QED) is 0.400. The molecule has 1 aromatic heterocycles. The Morgan fingerprint density at radius 2 is 1.75 bits per heavy atom. The lowest BCUT2D eigenvalue weighted by atomic mass is 10.0. The van der Waals surface area contributed by atoms with Crippen LogP contribution < -0.4 is 10.6 Å². The second-order valence-electron chi connectivity index (χ2n) is 10.8. The minimum Gasteiger partial charge on any atom is -0.358 e. The number of aromatic nitrogens is 1. The number of hydrogen-bond acceptors (Lipinski definition) is 4. The molecule has 0 radical (unpaired) electrons. The van der Waals surface area contributed by atoms with E-state index in [0.29, 0.717) is 46.7 Å². The Morgan fingerprint density at radius 1 is 1.05 bits per heavy atom. The molecule has 2 aliphatic rings. The van der Waals surface area contributed by atoms with E-state index in [2.05, 4.69) is 46.6 Å². The number of nitrogens with zero attached hydrogens (tertiary/aromatic N) is 2. The number of aromatic amines is 1. The molecule has 3 heterocycles. The monoisotopic (exact) mass is 539 g/mol. The summed E-state index contributed by atoms with van der Waals surface area (Å²) in [6, 6.07) is 13.3. The number of carbonyl (C=O) groups is 3. The molecule has 8 heteroatoms. The number of benzene rings is 2. The van der Waals surface area contributed by atoms with E-state index >= 15 is 0 Å². The Hall–Kier alpha value is -4.17. The van der Waals surface area contributed by atoms with Crippen molar-refractivity contribution in [2.24, 2.45) is 0 Å². The fraction of sp³-hybridized carbons (Fsp3) is 0.344. The third kappa shape index (κ3) is 5.31. The maximum Gasteiger partial charge on any atom is 0.256 e. The molecule has 1 saturated heterocycles. The summed E-state index contributed by atoms with van der Waals surface area (Å²) in [5.74, 6) is -0.436. The molecule has 0 spiro atoms. The SMILES string of the molecule is CCc1ccc(C(C)NC(=O)c2ccc3c(c2)C(=Cc2[nH]c(C)c(C(=O)N4CCN(C)CC4)c2C)C(=O)N3)cc1. The van der Waals surface area contributed by atoms with Gasteiger partial charge >= 0.3 is 0 Å². The number of likely N-dealkylation sites (N-methyl/N-ethyl adjacent to an activating group) is 1. The van der Waals surface area contributed by atoms with E-state index in [1.165, 1.54) is 5.56 Å². The van der Waals surface area contributed by atoms with Crippen LogP contribution in [0, 0.1) is 13.8 Å². The van der Waals surface area contributed by atoms with Crippen molar-refractivity contribution in [2.45, 2.75) is 40.2 Å². The molecular weight excluding hydrogens is 502 g/mol. The Bertz CT molecular complexity index is 1490. The highest BCUT2D eigenvalue weighted by atomic mass is 16.2. The van der Waals surface area contributed by atoms with E-state index in [1.54, 1.807) is 24.3 Å². The van der Waals surface area contributed by atoms with Crippen LogP contribution in [0.25, 0.3) is 11.6 Å². The van der Waals surface area contributed by atoms with E-state index in [1.807, 2.05) is 37.8 Å². The van der Waals surface area contributed by atoms with Gasteiger partial charge < -0.3 is 25.4 Å². The zero-order chi connectivity index (χ0) is 28.6. The van der Waals surface area contributed by atoms with Crippen LogP contribution in [0.15, 0.2) is 42.5 Å². The largest absolute Gasteiger partial charge is 0.358 e. The molecule has 3 aromatic rings. The second kappa shape index (κ2) is 11.1. The molecule has 3 amide bonds. The van der Waals surface area contributed by atoms with Gasteiger partial charge in [-0.2, -0.15) is 0 Å². The first kappa shape index (κ1) is 27.4. The summed E-state index contributed by atoms with van der Waals surface area (Å²) in [5.41, 5.74) is 7.50. The van der Waals surface area contributed by atoms with Crippen molar-refractivity contribution in [3.05, 3.63) is 87.2 Å². The molecule has 208 valence electrons. The second-order valence-corrected chi connectivity index (χ2v) is 10.8. The summed E-state index contributed by atoms with van der Waals surface area (Å²) < 4.78 is 0. The molecule has 0 bridgehead atoms. The van der Waals surface area contributed by atoms with Crippen molar-refractivity contribution in [3.8, 4) is 0 Å².